The summed E-state index contributed by atoms with van der Waals surface area (Å²) < 4.78 is 5.55. The number of rotatable bonds is 2. The van der Waals surface area contributed by atoms with Gasteiger partial charge >= 0.3 is 5.97 Å². The predicted octanol–water partition coefficient (Wildman–Crippen LogP) is 4.30. The fraction of sp³-hybridized carbons (Fsp3) is 0.438. The van der Waals surface area contributed by atoms with E-state index in [2.05, 4.69) is 32.9 Å². The van der Waals surface area contributed by atoms with E-state index in [-0.39, 0.29) is 11.2 Å². The van der Waals surface area contributed by atoms with Gasteiger partial charge in [0.2, 0.25) is 5.76 Å². The molecule has 0 spiro atoms. The van der Waals surface area contributed by atoms with Crippen LogP contribution in [0, 0.1) is 6.92 Å². The minimum atomic E-state index is -0.996. The van der Waals surface area contributed by atoms with Gasteiger partial charge in [-0.15, -0.1) is 0 Å². The van der Waals surface area contributed by atoms with Crippen molar-refractivity contribution in [1.29, 1.82) is 0 Å². The van der Waals surface area contributed by atoms with Crippen LogP contribution in [0.25, 0.3) is 11.0 Å². The lowest BCUT2D eigenvalue weighted by atomic mass is 9.85. The van der Waals surface area contributed by atoms with Gasteiger partial charge in [-0.05, 0) is 36.0 Å². The Labute approximate surface area is 113 Å². The molecule has 0 unspecified atom stereocenters. The Balaban J connectivity index is 2.83. The number of benzene rings is 1. The molecule has 2 aromatic rings. The van der Waals surface area contributed by atoms with E-state index in [1.807, 2.05) is 13.8 Å². The Morgan fingerprint density at radius 1 is 1.32 bits per heavy atom. The topological polar surface area (TPSA) is 50.4 Å². The molecule has 0 atom stereocenters. The average molecular weight is 260 g/mol. The van der Waals surface area contributed by atoms with E-state index < -0.39 is 5.97 Å². The van der Waals surface area contributed by atoms with E-state index >= 15 is 0 Å². The molecule has 1 N–H and O–H groups in total. The molecule has 0 bridgehead atoms. The Hall–Kier alpha value is -1.77. The molecule has 0 fully saturated rings. The molecular formula is C16H20O3. The fourth-order valence-corrected chi connectivity index (χ4v) is 2.38. The van der Waals surface area contributed by atoms with E-state index in [0.29, 0.717) is 12.0 Å². The van der Waals surface area contributed by atoms with Gasteiger partial charge in [0.15, 0.2) is 0 Å². The molecule has 0 amide bonds. The molecule has 0 aliphatic rings. The van der Waals surface area contributed by atoms with E-state index in [1.165, 1.54) is 5.56 Å². The van der Waals surface area contributed by atoms with Gasteiger partial charge in [0.1, 0.15) is 5.58 Å². The first-order valence-corrected chi connectivity index (χ1v) is 6.55. The summed E-state index contributed by atoms with van der Waals surface area (Å²) in [5.41, 5.74) is 3.71. The zero-order valence-electron chi connectivity index (χ0n) is 12.1. The number of fused-ring (bicyclic) bond motifs is 1. The van der Waals surface area contributed by atoms with Crippen molar-refractivity contribution in [3.05, 3.63) is 34.6 Å². The van der Waals surface area contributed by atoms with Gasteiger partial charge in [-0.3, -0.25) is 0 Å². The summed E-state index contributed by atoms with van der Waals surface area (Å²) in [6, 6.07) is 4.15. The molecular weight excluding hydrogens is 240 g/mol. The van der Waals surface area contributed by atoms with Gasteiger partial charge in [-0.2, -0.15) is 0 Å². The Morgan fingerprint density at radius 3 is 2.42 bits per heavy atom. The van der Waals surface area contributed by atoms with Crippen LogP contribution in [-0.4, -0.2) is 11.1 Å². The summed E-state index contributed by atoms with van der Waals surface area (Å²) in [6.45, 7) is 10.4. The summed E-state index contributed by atoms with van der Waals surface area (Å²) in [4.78, 5) is 11.2. The zero-order valence-corrected chi connectivity index (χ0v) is 12.1. The third kappa shape index (κ3) is 2.25. The van der Waals surface area contributed by atoms with Crippen LogP contribution in [0.1, 0.15) is 54.9 Å². The highest BCUT2D eigenvalue weighted by molar-refractivity contribution is 5.96. The molecule has 1 aromatic heterocycles. The van der Waals surface area contributed by atoms with Crippen molar-refractivity contribution in [2.75, 3.05) is 0 Å². The molecule has 19 heavy (non-hydrogen) atoms. The van der Waals surface area contributed by atoms with Crippen molar-refractivity contribution >= 4 is 16.9 Å². The highest BCUT2D eigenvalue weighted by atomic mass is 16.4. The lowest BCUT2D eigenvalue weighted by Crippen LogP contribution is -2.11. The Morgan fingerprint density at radius 2 is 1.95 bits per heavy atom. The van der Waals surface area contributed by atoms with E-state index in [0.717, 1.165) is 16.5 Å². The van der Waals surface area contributed by atoms with E-state index in [1.54, 1.807) is 0 Å². The minimum Gasteiger partial charge on any atom is -0.475 e. The predicted molar refractivity (Wildman–Crippen MR) is 76.0 cm³/mol. The number of aromatic carboxylic acids is 1. The van der Waals surface area contributed by atoms with Crippen LogP contribution in [0.4, 0.5) is 0 Å². The van der Waals surface area contributed by atoms with Crippen LogP contribution in [-0.2, 0) is 11.8 Å². The summed E-state index contributed by atoms with van der Waals surface area (Å²) in [5.74, 6) is -0.920. The number of furan rings is 1. The van der Waals surface area contributed by atoms with Gasteiger partial charge < -0.3 is 9.52 Å². The van der Waals surface area contributed by atoms with Crippen molar-refractivity contribution in [1.82, 2.24) is 0 Å². The van der Waals surface area contributed by atoms with Gasteiger partial charge in [0, 0.05) is 10.9 Å². The second-order valence-corrected chi connectivity index (χ2v) is 5.99. The maximum atomic E-state index is 11.2. The number of carboxylic acids is 1. The smallest absolute Gasteiger partial charge is 0.372 e. The van der Waals surface area contributed by atoms with Crippen LogP contribution in [0.2, 0.25) is 0 Å². The van der Waals surface area contributed by atoms with Gasteiger partial charge in [-0.1, -0.05) is 33.8 Å². The highest BCUT2D eigenvalue weighted by Gasteiger charge is 2.22. The standard InChI is InChI=1S/C16H20O3/c1-6-11-12-8-10(16(3,4)5)7-9(2)13(12)19-14(11)15(17)18/h7-8H,6H2,1-5H3,(H,17,18). The third-order valence-electron chi connectivity index (χ3n) is 3.49. The zero-order chi connectivity index (χ0) is 14.4. The summed E-state index contributed by atoms with van der Waals surface area (Å²) in [7, 11) is 0. The van der Waals surface area contributed by atoms with Crippen LogP contribution < -0.4 is 0 Å². The highest BCUT2D eigenvalue weighted by Crippen LogP contribution is 2.34. The first kappa shape index (κ1) is 13.7. The number of aryl methyl sites for hydroxylation is 2. The maximum absolute atomic E-state index is 11.2. The molecule has 0 saturated carbocycles. The first-order valence-electron chi connectivity index (χ1n) is 6.55. The van der Waals surface area contributed by atoms with Crippen LogP contribution in [0.3, 0.4) is 0 Å². The molecule has 0 aliphatic carbocycles. The Kier molecular flexibility index (Phi) is 3.17. The van der Waals surface area contributed by atoms with Crippen molar-refractivity contribution in [3.63, 3.8) is 0 Å². The number of carboxylic acid groups (broad SMARTS) is 1. The summed E-state index contributed by atoms with van der Waals surface area (Å²) in [6.07, 6.45) is 0.654. The van der Waals surface area contributed by atoms with Crippen molar-refractivity contribution in [2.24, 2.45) is 0 Å². The van der Waals surface area contributed by atoms with Gasteiger partial charge in [0.25, 0.3) is 0 Å². The number of hydrogen-bond acceptors (Lipinski definition) is 2. The van der Waals surface area contributed by atoms with Crippen molar-refractivity contribution < 1.29 is 14.3 Å². The van der Waals surface area contributed by atoms with E-state index in [9.17, 15) is 9.90 Å². The van der Waals surface area contributed by atoms with Crippen LogP contribution >= 0.6 is 0 Å². The fourth-order valence-electron chi connectivity index (χ4n) is 2.38. The lowest BCUT2D eigenvalue weighted by molar-refractivity contribution is 0.0663. The molecule has 3 nitrogen and oxygen atoms in total. The Bertz CT molecular complexity index is 642. The van der Waals surface area contributed by atoms with Crippen molar-refractivity contribution in [2.45, 2.75) is 46.5 Å². The molecule has 2 rings (SSSR count). The molecule has 1 heterocycles. The first-order chi connectivity index (χ1) is 8.75. The van der Waals surface area contributed by atoms with E-state index in [4.69, 9.17) is 4.42 Å². The molecule has 102 valence electrons. The molecule has 1 aromatic carbocycles. The number of carbonyl (C=O) groups is 1. The minimum absolute atomic E-state index is 0.0324. The third-order valence-corrected chi connectivity index (χ3v) is 3.49. The largest absolute Gasteiger partial charge is 0.475 e. The molecule has 0 saturated heterocycles. The second-order valence-electron chi connectivity index (χ2n) is 5.99. The molecule has 0 radical (unpaired) electrons. The average Bonchev–Trinajstić information content (AvgIpc) is 2.66. The monoisotopic (exact) mass is 260 g/mol. The quantitative estimate of drug-likeness (QED) is 0.875. The van der Waals surface area contributed by atoms with Crippen LogP contribution in [0.5, 0.6) is 0 Å². The van der Waals surface area contributed by atoms with Gasteiger partial charge in [0.05, 0.1) is 0 Å². The molecule has 3 heteroatoms. The van der Waals surface area contributed by atoms with Crippen LogP contribution in [0.15, 0.2) is 16.5 Å². The number of hydrogen-bond donors (Lipinski definition) is 1. The summed E-state index contributed by atoms with van der Waals surface area (Å²) >= 11 is 0. The summed E-state index contributed by atoms with van der Waals surface area (Å²) in [5, 5.41) is 10.2. The molecule has 0 aliphatic heterocycles. The normalized spacial score (nSPS) is 12.1. The van der Waals surface area contributed by atoms with Gasteiger partial charge in [-0.25, -0.2) is 4.79 Å². The lowest BCUT2D eigenvalue weighted by Gasteiger charge is -2.19. The SMILES string of the molecule is CCc1c(C(=O)O)oc2c(C)cc(C(C)(C)C)cc12. The van der Waals surface area contributed by atoms with Crippen molar-refractivity contribution in [3.8, 4) is 0 Å². The second kappa shape index (κ2) is 4.41. The maximum Gasteiger partial charge on any atom is 0.372 e.